The zero-order valence-electron chi connectivity index (χ0n) is 16.6. The maximum atomic E-state index is 13.1. The molecule has 0 aliphatic heterocycles. The number of halogens is 4. The monoisotopic (exact) mass is 468 g/mol. The lowest BCUT2D eigenvalue weighted by atomic mass is 10.1. The first kappa shape index (κ1) is 23.0. The molecule has 2 aromatic heterocycles. The number of hydrogen-bond acceptors (Lipinski definition) is 7. The molecule has 0 saturated heterocycles. The number of amides is 2. The van der Waals surface area contributed by atoms with Crippen LogP contribution in [0.1, 0.15) is 50.8 Å². The predicted octanol–water partition coefficient (Wildman–Crippen LogP) is 3.77. The van der Waals surface area contributed by atoms with Crippen LogP contribution in [0.25, 0.3) is 0 Å². The van der Waals surface area contributed by atoms with Crippen LogP contribution in [0, 0.1) is 6.92 Å². The van der Waals surface area contributed by atoms with Gasteiger partial charge in [0.1, 0.15) is 22.9 Å². The molecule has 4 N–H and O–H groups in total. The Bertz CT molecular complexity index is 1180. The minimum Gasteiger partial charge on any atom is -0.382 e. The van der Waals surface area contributed by atoms with Crippen molar-refractivity contribution in [1.29, 1.82) is 0 Å². The molecule has 0 aliphatic carbocycles. The average Bonchev–Trinajstić information content (AvgIpc) is 3.21. The number of nitrogens with one attached hydrogen (secondary N) is 2. The number of anilines is 2. The van der Waals surface area contributed by atoms with Crippen LogP contribution in [-0.2, 0) is 6.18 Å². The first-order valence-corrected chi connectivity index (χ1v) is 9.37. The second-order valence-corrected chi connectivity index (χ2v) is 7.09. The highest BCUT2D eigenvalue weighted by atomic mass is 35.5. The van der Waals surface area contributed by atoms with Crippen molar-refractivity contribution in [2.24, 2.45) is 0 Å². The molecular weight excluding hydrogens is 453 g/mol. The van der Waals surface area contributed by atoms with E-state index in [1.54, 1.807) is 6.92 Å². The molecule has 0 saturated carbocycles. The van der Waals surface area contributed by atoms with Crippen molar-refractivity contribution in [3.8, 4) is 0 Å². The van der Waals surface area contributed by atoms with Gasteiger partial charge < -0.3 is 20.9 Å². The molecule has 32 heavy (non-hydrogen) atoms. The predicted molar refractivity (Wildman–Crippen MR) is 108 cm³/mol. The fourth-order valence-electron chi connectivity index (χ4n) is 2.68. The topological polar surface area (TPSA) is 136 Å². The Balaban J connectivity index is 1.70. The molecule has 2 heterocycles. The van der Waals surface area contributed by atoms with Crippen molar-refractivity contribution in [2.45, 2.75) is 26.1 Å². The Labute approximate surface area is 184 Å². The van der Waals surface area contributed by atoms with Crippen LogP contribution in [0.15, 0.2) is 35.1 Å². The number of nitrogens with zero attached hydrogens (tertiary/aromatic N) is 3. The van der Waals surface area contributed by atoms with Crippen molar-refractivity contribution in [3.05, 3.63) is 63.9 Å². The number of carbonyl (C=O) groups is 2. The lowest BCUT2D eigenvalue weighted by molar-refractivity contribution is -0.138. The van der Waals surface area contributed by atoms with Gasteiger partial charge >= 0.3 is 6.18 Å². The normalized spacial score (nSPS) is 12.3. The van der Waals surface area contributed by atoms with Crippen molar-refractivity contribution in [1.82, 2.24) is 20.4 Å². The van der Waals surface area contributed by atoms with Crippen LogP contribution in [0.5, 0.6) is 0 Å². The van der Waals surface area contributed by atoms with E-state index in [4.69, 9.17) is 21.9 Å². The second kappa shape index (κ2) is 8.83. The summed E-state index contributed by atoms with van der Waals surface area (Å²) in [6.45, 7) is 2.88. The van der Waals surface area contributed by atoms with E-state index in [9.17, 15) is 22.8 Å². The largest absolute Gasteiger partial charge is 0.416 e. The van der Waals surface area contributed by atoms with Crippen LogP contribution >= 0.6 is 11.6 Å². The molecule has 168 valence electrons. The number of carbonyl (C=O) groups excluding carboxylic acids is 2. The molecule has 0 fully saturated rings. The van der Waals surface area contributed by atoms with Gasteiger partial charge in [0.15, 0.2) is 5.69 Å². The molecule has 0 bridgehead atoms. The van der Waals surface area contributed by atoms with Crippen LogP contribution in [0.4, 0.5) is 24.7 Å². The van der Waals surface area contributed by atoms with E-state index >= 15 is 0 Å². The average molecular weight is 469 g/mol. The fraction of sp³-hybridized carbons (Fsp3) is 0.211. The van der Waals surface area contributed by atoms with E-state index in [1.165, 1.54) is 25.1 Å². The Morgan fingerprint density at radius 2 is 1.91 bits per heavy atom. The lowest BCUT2D eigenvalue weighted by Crippen LogP contribution is -2.28. The number of aromatic nitrogens is 3. The first-order chi connectivity index (χ1) is 15.0. The summed E-state index contributed by atoms with van der Waals surface area (Å²) < 4.78 is 44.1. The van der Waals surface area contributed by atoms with Crippen molar-refractivity contribution < 1.29 is 27.3 Å². The minimum absolute atomic E-state index is 0.0209. The van der Waals surface area contributed by atoms with Crippen LogP contribution in [0.3, 0.4) is 0 Å². The van der Waals surface area contributed by atoms with Gasteiger partial charge in [0.25, 0.3) is 11.8 Å². The van der Waals surface area contributed by atoms with Crippen molar-refractivity contribution in [3.63, 3.8) is 0 Å². The smallest absolute Gasteiger partial charge is 0.382 e. The highest BCUT2D eigenvalue weighted by molar-refractivity contribution is 6.35. The lowest BCUT2D eigenvalue weighted by Gasteiger charge is -2.12. The van der Waals surface area contributed by atoms with E-state index in [0.717, 1.165) is 12.4 Å². The number of hydrogen-bond donors (Lipinski definition) is 3. The van der Waals surface area contributed by atoms with E-state index in [0.29, 0.717) is 0 Å². The summed E-state index contributed by atoms with van der Waals surface area (Å²) in [5.41, 5.74) is 4.67. The van der Waals surface area contributed by atoms with Crippen LogP contribution in [-0.4, -0.2) is 26.9 Å². The quantitative estimate of drug-likeness (QED) is 0.518. The number of nitrogen functional groups attached to an aromatic ring is 1. The third-order valence-electron chi connectivity index (χ3n) is 4.38. The molecule has 13 heteroatoms. The highest BCUT2D eigenvalue weighted by Gasteiger charge is 2.32. The summed E-state index contributed by atoms with van der Waals surface area (Å²) in [4.78, 5) is 32.1. The molecule has 0 aliphatic rings. The molecule has 2 amide bonds. The van der Waals surface area contributed by atoms with Gasteiger partial charge in [-0.25, -0.2) is 9.97 Å². The molecule has 9 nitrogen and oxygen atoms in total. The summed E-state index contributed by atoms with van der Waals surface area (Å²) >= 11 is 5.92. The number of alkyl halides is 3. The SMILES string of the molecule is Cc1ccc(NC(=O)c2cc([C@H](C)NC(=O)c3ncnc(N)c3Cl)no2)cc1C(F)(F)F. The Morgan fingerprint density at radius 1 is 1.19 bits per heavy atom. The van der Waals surface area contributed by atoms with Crippen LogP contribution in [0.2, 0.25) is 5.02 Å². The number of aryl methyl sites for hydroxylation is 1. The van der Waals surface area contributed by atoms with Gasteiger partial charge in [-0.05, 0) is 31.5 Å². The summed E-state index contributed by atoms with van der Waals surface area (Å²) in [5.74, 6) is -1.81. The van der Waals surface area contributed by atoms with Gasteiger partial charge in [-0.1, -0.05) is 22.8 Å². The van der Waals surface area contributed by atoms with Gasteiger partial charge in [-0.2, -0.15) is 13.2 Å². The zero-order valence-corrected chi connectivity index (χ0v) is 17.4. The molecule has 0 radical (unpaired) electrons. The summed E-state index contributed by atoms with van der Waals surface area (Å²) in [7, 11) is 0. The summed E-state index contributed by atoms with van der Waals surface area (Å²) in [5, 5.41) is 8.49. The molecule has 1 aromatic carbocycles. The minimum atomic E-state index is -4.56. The molecule has 3 rings (SSSR count). The standard InChI is InChI=1S/C19H16ClF3N6O3/c1-8-3-4-10(5-11(8)19(21,22)23)28-17(30)13-6-12(29-32-13)9(2)27-18(31)15-14(20)16(24)26-7-25-15/h3-7,9H,1-2H3,(H,27,31)(H,28,30)(H2,24,25,26)/t9-/m0/s1. The van der Waals surface area contributed by atoms with Crippen molar-refractivity contribution in [2.75, 3.05) is 11.1 Å². The van der Waals surface area contributed by atoms with Gasteiger partial charge in [0.05, 0.1) is 11.6 Å². The molecular formula is C19H16ClF3N6O3. The maximum absolute atomic E-state index is 13.1. The zero-order chi connectivity index (χ0) is 23.6. The Hall–Kier alpha value is -3.67. The summed E-state index contributed by atoms with van der Waals surface area (Å²) in [6, 6.07) is 3.92. The van der Waals surface area contributed by atoms with Crippen molar-refractivity contribution >= 4 is 34.9 Å². The molecule has 1 atom stereocenters. The third-order valence-corrected chi connectivity index (χ3v) is 4.75. The van der Waals surface area contributed by atoms with E-state index < -0.39 is 29.6 Å². The van der Waals surface area contributed by atoms with Gasteiger partial charge in [-0.3, -0.25) is 9.59 Å². The van der Waals surface area contributed by atoms with Gasteiger partial charge in [0.2, 0.25) is 5.76 Å². The number of benzene rings is 1. The van der Waals surface area contributed by atoms with Crippen LogP contribution < -0.4 is 16.4 Å². The number of rotatable bonds is 5. The number of nitrogens with two attached hydrogens (primary N) is 1. The summed E-state index contributed by atoms with van der Waals surface area (Å²) in [6.07, 6.45) is -3.48. The third kappa shape index (κ3) is 4.97. The highest BCUT2D eigenvalue weighted by Crippen LogP contribution is 2.33. The molecule has 3 aromatic rings. The Kier molecular flexibility index (Phi) is 6.35. The van der Waals surface area contributed by atoms with E-state index in [-0.39, 0.29) is 39.2 Å². The molecule has 0 unspecified atom stereocenters. The van der Waals surface area contributed by atoms with Gasteiger partial charge in [-0.15, -0.1) is 0 Å². The van der Waals surface area contributed by atoms with Gasteiger partial charge in [0, 0.05) is 11.8 Å². The second-order valence-electron chi connectivity index (χ2n) is 6.71. The fourth-order valence-corrected chi connectivity index (χ4v) is 2.86. The maximum Gasteiger partial charge on any atom is 0.416 e. The van der Waals surface area contributed by atoms with E-state index in [2.05, 4.69) is 25.8 Å². The van der Waals surface area contributed by atoms with E-state index in [1.807, 2.05) is 0 Å². The molecule has 0 spiro atoms. The first-order valence-electron chi connectivity index (χ1n) is 9.00. The Morgan fingerprint density at radius 3 is 2.59 bits per heavy atom.